The Morgan fingerprint density at radius 1 is 1.09 bits per heavy atom. The monoisotopic (exact) mass is 308 g/mol. The van der Waals surface area contributed by atoms with Crippen LogP contribution in [0.5, 0.6) is 0 Å². The van der Waals surface area contributed by atoms with E-state index in [2.05, 4.69) is 18.5 Å². The second kappa shape index (κ2) is 15.3. The molecule has 0 bridgehead atoms. The predicted octanol–water partition coefficient (Wildman–Crippen LogP) is 3.05. The Balaban J connectivity index is 0. The lowest BCUT2D eigenvalue weighted by molar-refractivity contribution is -0.129. The van der Waals surface area contributed by atoms with Crippen molar-refractivity contribution in [3.8, 4) is 0 Å². The van der Waals surface area contributed by atoms with Crippen molar-refractivity contribution >= 4 is 11.8 Å². The van der Waals surface area contributed by atoms with Gasteiger partial charge in [0.05, 0.1) is 0 Å². The van der Waals surface area contributed by atoms with Gasteiger partial charge >= 0.3 is 0 Å². The molecule has 2 amide bonds. The number of hydrogen-bond acceptors (Lipinski definition) is 3. The minimum atomic E-state index is -0.483. The number of amides is 2. The summed E-state index contributed by atoms with van der Waals surface area (Å²) in [5.41, 5.74) is 3.61. The first kappa shape index (κ1) is 22.1. The van der Waals surface area contributed by atoms with Crippen LogP contribution < -0.4 is 10.8 Å². The average Bonchev–Trinajstić information content (AvgIpc) is 2.47. The molecule has 0 saturated heterocycles. The molecule has 0 spiro atoms. The van der Waals surface area contributed by atoms with Crippen LogP contribution in [0.4, 0.5) is 0 Å². The Labute approximate surface area is 133 Å². The minimum Gasteiger partial charge on any atom is -0.352 e. The van der Waals surface area contributed by atoms with E-state index in [0.717, 1.165) is 5.57 Å². The molecule has 0 atom stereocenters. The maximum absolute atomic E-state index is 11.5. The highest BCUT2D eigenvalue weighted by Crippen LogP contribution is 1.99. The molecule has 0 unspecified atom stereocenters. The van der Waals surface area contributed by atoms with Crippen molar-refractivity contribution in [3.63, 3.8) is 0 Å². The van der Waals surface area contributed by atoms with Crippen molar-refractivity contribution in [2.24, 2.45) is 0 Å². The highest BCUT2D eigenvalue weighted by molar-refractivity contribution is 5.78. The molecule has 0 aliphatic carbocycles. The van der Waals surface area contributed by atoms with Gasteiger partial charge in [-0.25, -0.2) is 5.48 Å². The van der Waals surface area contributed by atoms with Gasteiger partial charge in [-0.3, -0.25) is 14.8 Å². The van der Waals surface area contributed by atoms with E-state index >= 15 is 0 Å². The zero-order valence-electron chi connectivity index (χ0n) is 13.8. The van der Waals surface area contributed by atoms with E-state index in [-0.39, 0.29) is 18.7 Å². The Morgan fingerprint density at radius 2 is 1.64 bits per heavy atom. The summed E-state index contributed by atoms with van der Waals surface area (Å²) in [5.74, 6) is -0.612. The molecule has 0 aromatic heterocycles. The largest absolute Gasteiger partial charge is 0.352 e. The normalized spacial score (nSPS) is 9.73. The molecule has 0 saturated carbocycles. The molecule has 0 aliphatic rings. The highest BCUT2D eigenvalue weighted by Gasteiger charge is 2.04. The van der Waals surface area contributed by atoms with Crippen LogP contribution in [-0.2, 0) is 9.59 Å². The molecule has 5 heteroatoms. The van der Waals surface area contributed by atoms with Gasteiger partial charge in [-0.05, 0) is 32.8 Å². The Hall–Kier alpha value is -2.14. The average molecular weight is 308 g/mol. The second-order valence-corrected chi connectivity index (χ2v) is 4.76. The van der Waals surface area contributed by atoms with E-state index in [1.807, 2.05) is 32.9 Å². The Bertz CT molecular complexity index is 420. The summed E-state index contributed by atoms with van der Waals surface area (Å²) in [7, 11) is 0. The van der Waals surface area contributed by atoms with Crippen molar-refractivity contribution < 1.29 is 14.8 Å². The molecule has 0 aromatic rings. The van der Waals surface area contributed by atoms with Gasteiger partial charge in [0.25, 0.3) is 0 Å². The van der Waals surface area contributed by atoms with Crippen molar-refractivity contribution in [1.29, 1.82) is 0 Å². The van der Waals surface area contributed by atoms with E-state index in [1.54, 1.807) is 12.2 Å². The first-order valence-electron chi connectivity index (χ1n) is 7.14. The summed E-state index contributed by atoms with van der Waals surface area (Å²) in [6.07, 6.45) is 8.08. The molecule has 5 nitrogen and oxygen atoms in total. The van der Waals surface area contributed by atoms with E-state index in [0.29, 0.717) is 13.0 Å². The standard InChI is InChI=1S/C14H22N2O3.C3H6/c1-4-12(9-8-11(2)3)10-15-13(17)6-5-7-14(18)16-19;1-3-2/h4,8-9,19H,1,5-7,10H2,2-3H3,(H,15,17)(H,16,18);3H,1H2,2H3/b12-9+;. The van der Waals surface area contributed by atoms with Gasteiger partial charge in [0.2, 0.25) is 11.8 Å². The number of carbonyl (C=O) groups excluding carboxylic acids is 2. The molecule has 124 valence electrons. The fraction of sp³-hybridized carbons (Fsp3) is 0.412. The van der Waals surface area contributed by atoms with Gasteiger partial charge in [-0.1, -0.05) is 36.5 Å². The lowest BCUT2D eigenvalue weighted by atomic mass is 10.2. The molecule has 0 aliphatic heterocycles. The molecule has 0 aromatic carbocycles. The van der Waals surface area contributed by atoms with Crippen LogP contribution in [0, 0.1) is 0 Å². The smallest absolute Gasteiger partial charge is 0.243 e. The molecule has 0 rings (SSSR count). The molecule has 0 radical (unpaired) electrons. The third kappa shape index (κ3) is 15.9. The van der Waals surface area contributed by atoms with Crippen LogP contribution in [0.15, 0.2) is 48.6 Å². The van der Waals surface area contributed by atoms with Crippen LogP contribution in [0.1, 0.15) is 40.0 Å². The molecular formula is C17H28N2O3. The van der Waals surface area contributed by atoms with Gasteiger partial charge < -0.3 is 5.32 Å². The maximum Gasteiger partial charge on any atom is 0.243 e. The summed E-state index contributed by atoms with van der Waals surface area (Å²) in [4.78, 5) is 22.2. The zero-order valence-corrected chi connectivity index (χ0v) is 13.8. The number of rotatable bonds is 8. The van der Waals surface area contributed by atoms with Crippen LogP contribution in [0.2, 0.25) is 0 Å². The van der Waals surface area contributed by atoms with Crippen molar-refractivity contribution in [2.75, 3.05) is 6.54 Å². The first-order valence-corrected chi connectivity index (χ1v) is 7.14. The van der Waals surface area contributed by atoms with Crippen molar-refractivity contribution in [3.05, 3.63) is 48.6 Å². The number of carbonyl (C=O) groups is 2. The van der Waals surface area contributed by atoms with E-state index < -0.39 is 5.91 Å². The SMILES string of the molecule is C=C/C(=C\C=C(C)C)CNC(=O)CCCC(=O)NO.C=CC. The van der Waals surface area contributed by atoms with Gasteiger partial charge in [-0.15, -0.1) is 6.58 Å². The topological polar surface area (TPSA) is 78.4 Å². The minimum absolute atomic E-state index is 0.129. The van der Waals surface area contributed by atoms with Crippen molar-refractivity contribution in [2.45, 2.75) is 40.0 Å². The fourth-order valence-electron chi connectivity index (χ4n) is 1.23. The first-order chi connectivity index (χ1) is 10.4. The van der Waals surface area contributed by atoms with Crippen LogP contribution in [-0.4, -0.2) is 23.6 Å². The van der Waals surface area contributed by atoms with Gasteiger partial charge in [0.15, 0.2) is 0 Å². The number of allylic oxidation sites excluding steroid dienone is 4. The summed E-state index contributed by atoms with van der Waals surface area (Å²) in [5, 5.41) is 11.0. The molecule has 0 fully saturated rings. The third-order valence-corrected chi connectivity index (χ3v) is 2.31. The lowest BCUT2D eigenvalue weighted by Crippen LogP contribution is -2.25. The highest BCUT2D eigenvalue weighted by atomic mass is 16.5. The van der Waals surface area contributed by atoms with Crippen LogP contribution >= 0.6 is 0 Å². The number of nitrogens with one attached hydrogen (secondary N) is 2. The number of hydrogen-bond donors (Lipinski definition) is 3. The Morgan fingerprint density at radius 3 is 2.09 bits per heavy atom. The zero-order chi connectivity index (χ0) is 17.4. The summed E-state index contributed by atoms with van der Waals surface area (Å²) >= 11 is 0. The molecule has 3 N–H and O–H groups in total. The van der Waals surface area contributed by atoms with E-state index in [1.165, 1.54) is 11.1 Å². The summed E-state index contributed by atoms with van der Waals surface area (Å²) in [6.45, 7) is 13.3. The van der Waals surface area contributed by atoms with E-state index in [9.17, 15) is 9.59 Å². The maximum atomic E-state index is 11.5. The second-order valence-electron chi connectivity index (χ2n) is 4.76. The fourth-order valence-corrected chi connectivity index (χ4v) is 1.23. The van der Waals surface area contributed by atoms with Gasteiger partial charge in [-0.2, -0.15) is 0 Å². The summed E-state index contributed by atoms with van der Waals surface area (Å²) < 4.78 is 0. The number of hydroxylamine groups is 1. The summed E-state index contributed by atoms with van der Waals surface area (Å²) in [6, 6.07) is 0. The van der Waals surface area contributed by atoms with Crippen molar-refractivity contribution in [1.82, 2.24) is 10.8 Å². The molecule has 0 heterocycles. The van der Waals surface area contributed by atoms with Gasteiger partial charge in [0, 0.05) is 19.4 Å². The van der Waals surface area contributed by atoms with E-state index in [4.69, 9.17) is 5.21 Å². The Kier molecular flexibility index (Phi) is 15.4. The predicted molar refractivity (Wildman–Crippen MR) is 90.4 cm³/mol. The van der Waals surface area contributed by atoms with Gasteiger partial charge in [0.1, 0.15) is 0 Å². The van der Waals surface area contributed by atoms with Crippen LogP contribution in [0.25, 0.3) is 0 Å². The molecular weight excluding hydrogens is 280 g/mol. The third-order valence-electron chi connectivity index (χ3n) is 2.31. The quantitative estimate of drug-likeness (QED) is 0.279. The van der Waals surface area contributed by atoms with Crippen LogP contribution in [0.3, 0.4) is 0 Å². The lowest BCUT2D eigenvalue weighted by Gasteiger charge is -2.05. The molecule has 22 heavy (non-hydrogen) atoms.